The van der Waals surface area contributed by atoms with Crippen molar-refractivity contribution >= 4 is 54.0 Å². The molecule has 0 aliphatic carbocycles. The number of hydrogen-bond donors (Lipinski definition) is 0. The zero-order chi connectivity index (χ0) is 30.1. The van der Waals surface area contributed by atoms with Crippen LogP contribution in [0.1, 0.15) is 53.5 Å². The molecule has 0 amide bonds. The Hall–Kier alpha value is -2.11. The third kappa shape index (κ3) is 6.62. The second kappa shape index (κ2) is 12.2. The molecule has 1 aromatic heterocycles. The average Bonchev–Trinajstić information content (AvgIpc) is 3.33. The highest BCUT2D eigenvalue weighted by Gasteiger charge is 2.51. The number of nitrogens with zero attached hydrogens (tertiary/aromatic N) is 3. The third-order valence-electron chi connectivity index (χ3n) is 8.73. The van der Waals surface area contributed by atoms with Crippen molar-refractivity contribution in [3.63, 3.8) is 0 Å². The van der Waals surface area contributed by atoms with Crippen LogP contribution in [0.3, 0.4) is 0 Å². The van der Waals surface area contributed by atoms with Gasteiger partial charge in [-0.2, -0.15) is 0 Å². The molecule has 8 heteroatoms. The topological polar surface area (TPSA) is 49.2 Å². The van der Waals surface area contributed by atoms with E-state index in [1.807, 2.05) is 4.68 Å². The Bertz CT molecular complexity index is 1410. The molecule has 4 aromatic rings. The van der Waals surface area contributed by atoms with E-state index in [1.165, 1.54) is 10.4 Å². The Labute approximate surface area is 257 Å². The van der Waals surface area contributed by atoms with Crippen LogP contribution in [0.15, 0.2) is 77.3 Å². The van der Waals surface area contributed by atoms with E-state index in [0.717, 1.165) is 27.5 Å². The van der Waals surface area contributed by atoms with Gasteiger partial charge in [0.2, 0.25) is 0 Å². The predicted octanol–water partition coefficient (Wildman–Crippen LogP) is 7.86. The summed E-state index contributed by atoms with van der Waals surface area (Å²) in [5.41, 5.74) is 3.08. The smallest absolute Gasteiger partial charge is 0.261 e. The van der Waals surface area contributed by atoms with Crippen LogP contribution in [0.5, 0.6) is 0 Å². The number of hydrogen-bond acceptors (Lipinski definition) is 4. The fourth-order valence-corrected chi connectivity index (χ4v) is 11.3. The maximum absolute atomic E-state index is 7.60. The molecular formula is C33H46BrN3O2Si2. The molecule has 0 saturated carbocycles. The average molecular weight is 653 g/mol. The van der Waals surface area contributed by atoms with Crippen molar-refractivity contribution < 1.29 is 8.85 Å². The summed E-state index contributed by atoms with van der Waals surface area (Å²) in [5.74, 6) is 0. The van der Waals surface area contributed by atoms with Gasteiger partial charge in [0, 0.05) is 11.0 Å². The predicted molar refractivity (Wildman–Crippen MR) is 180 cm³/mol. The van der Waals surface area contributed by atoms with Crippen LogP contribution in [0, 0.1) is 6.92 Å². The maximum atomic E-state index is 7.60. The molecule has 0 fully saturated rings. The van der Waals surface area contributed by atoms with E-state index in [-0.39, 0.29) is 16.2 Å². The Morgan fingerprint density at radius 2 is 1.39 bits per heavy atom. The molecule has 0 bridgehead atoms. The van der Waals surface area contributed by atoms with Crippen molar-refractivity contribution in [1.82, 2.24) is 15.0 Å². The fraction of sp³-hybridized carbons (Fsp3) is 0.455. The van der Waals surface area contributed by atoms with E-state index in [1.54, 1.807) is 0 Å². The molecule has 0 spiro atoms. The van der Waals surface area contributed by atoms with E-state index < -0.39 is 16.6 Å². The molecule has 220 valence electrons. The number of halogens is 1. The van der Waals surface area contributed by atoms with Gasteiger partial charge in [-0.05, 0) is 64.6 Å². The van der Waals surface area contributed by atoms with E-state index in [2.05, 4.69) is 161 Å². The summed E-state index contributed by atoms with van der Waals surface area (Å²) >= 11 is 3.63. The number of fused-ring (bicyclic) bond motifs is 1. The van der Waals surface area contributed by atoms with Gasteiger partial charge < -0.3 is 8.85 Å². The fourth-order valence-electron chi connectivity index (χ4n) is 5.21. The molecule has 41 heavy (non-hydrogen) atoms. The molecule has 0 unspecified atom stereocenters. The molecular weight excluding hydrogens is 606 g/mol. The first-order chi connectivity index (χ1) is 19.2. The van der Waals surface area contributed by atoms with Crippen molar-refractivity contribution in [1.29, 1.82) is 0 Å². The zero-order valence-electron chi connectivity index (χ0n) is 26.2. The van der Waals surface area contributed by atoms with E-state index in [9.17, 15) is 0 Å². The molecule has 3 aromatic carbocycles. The van der Waals surface area contributed by atoms with Gasteiger partial charge in [0.05, 0.1) is 18.2 Å². The van der Waals surface area contributed by atoms with Crippen LogP contribution >= 0.6 is 15.9 Å². The Morgan fingerprint density at radius 3 is 1.90 bits per heavy atom. The second-order valence-corrected chi connectivity index (χ2v) is 23.5. The molecule has 4 rings (SSSR count). The number of aromatic nitrogens is 3. The minimum absolute atomic E-state index is 0.113. The summed E-state index contributed by atoms with van der Waals surface area (Å²) < 4.78 is 17.5. The minimum Gasteiger partial charge on any atom is -0.414 e. The largest absolute Gasteiger partial charge is 0.414 e. The van der Waals surface area contributed by atoms with Crippen LogP contribution in [-0.4, -0.2) is 44.3 Å². The van der Waals surface area contributed by atoms with Crippen LogP contribution in [0.2, 0.25) is 23.2 Å². The Balaban J connectivity index is 1.76. The SMILES string of the molecule is Cc1c(Br)ccc2c1nnn2CC[C@H](CO[Si](C)(C)C(C)(C)C)O[Si](c1ccccc1)(c1ccccc1)C(C)(C)C. The lowest BCUT2D eigenvalue weighted by molar-refractivity contribution is 0.0998. The van der Waals surface area contributed by atoms with Crippen molar-refractivity contribution in [2.45, 2.75) is 90.7 Å². The normalized spacial score (nSPS) is 14.0. The van der Waals surface area contributed by atoms with Gasteiger partial charge in [-0.3, -0.25) is 0 Å². The van der Waals surface area contributed by atoms with E-state index >= 15 is 0 Å². The second-order valence-electron chi connectivity index (χ2n) is 13.6. The lowest BCUT2D eigenvalue weighted by Crippen LogP contribution is -2.68. The lowest BCUT2D eigenvalue weighted by Gasteiger charge is -2.46. The van der Waals surface area contributed by atoms with Crippen LogP contribution < -0.4 is 10.4 Å². The monoisotopic (exact) mass is 651 g/mol. The molecule has 1 atom stereocenters. The molecule has 0 radical (unpaired) electrons. The number of rotatable bonds is 10. The van der Waals surface area contributed by atoms with Crippen molar-refractivity contribution in [3.8, 4) is 0 Å². The highest BCUT2D eigenvalue weighted by Crippen LogP contribution is 2.40. The van der Waals surface area contributed by atoms with Gasteiger partial charge >= 0.3 is 0 Å². The van der Waals surface area contributed by atoms with Crippen molar-refractivity contribution in [2.75, 3.05) is 6.61 Å². The summed E-state index contributed by atoms with van der Waals surface area (Å²) in [5, 5.41) is 11.6. The van der Waals surface area contributed by atoms with Gasteiger partial charge in [0.1, 0.15) is 5.52 Å². The highest BCUT2D eigenvalue weighted by atomic mass is 79.9. The summed E-state index contributed by atoms with van der Waals surface area (Å²) in [6.07, 6.45) is 0.651. The Morgan fingerprint density at radius 1 is 0.829 bits per heavy atom. The molecule has 0 aliphatic rings. The summed E-state index contributed by atoms with van der Waals surface area (Å²) in [7, 11) is -4.77. The van der Waals surface area contributed by atoms with Gasteiger partial charge in [-0.15, -0.1) is 5.10 Å². The molecule has 0 N–H and O–H groups in total. The first kappa shape index (κ1) is 31.8. The first-order valence-corrected chi connectivity index (χ1v) is 20.2. The van der Waals surface area contributed by atoms with Gasteiger partial charge in [-0.25, -0.2) is 4.68 Å². The molecule has 0 aliphatic heterocycles. The highest BCUT2D eigenvalue weighted by molar-refractivity contribution is 9.10. The van der Waals surface area contributed by atoms with Crippen molar-refractivity contribution in [2.24, 2.45) is 0 Å². The van der Waals surface area contributed by atoms with Crippen molar-refractivity contribution in [3.05, 3.63) is 82.8 Å². The summed E-state index contributed by atoms with van der Waals surface area (Å²) in [6, 6.07) is 25.9. The molecule has 5 nitrogen and oxygen atoms in total. The molecule has 1 heterocycles. The maximum Gasteiger partial charge on any atom is 0.261 e. The summed E-state index contributed by atoms with van der Waals surface area (Å²) in [4.78, 5) is 0. The van der Waals surface area contributed by atoms with Crippen LogP contribution in [0.4, 0.5) is 0 Å². The van der Waals surface area contributed by atoms with Gasteiger partial charge in [-0.1, -0.05) is 123 Å². The van der Waals surface area contributed by atoms with Gasteiger partial charge in [0.25, 0.3) is 8.32 Å². The standard InChI is InChI=1S/C33H46BrN3O2Si2/c1-25-29(34)20-21-30-31(25)35-36-37(30)23-22-26(24-38-40(8,9)32(2,3)4)39-41(33(5,6)7,27-16-12-10-13-17-27)28-18-14-11-15-19-28/h10-21,26H,22-24H2,1-9H3/t26-/m1/s1. The quantitative estimate of drug-likeness (QED) is 0.164. The Kier molecular flexibility index (Phi) is 9.51. The number of benzene rings is 3. The third-order valence-corrected chi connectivity index (χ3v) is 19.2. The van der Waals surface area contributed by atoms with E-state index in [4.69, 9.17) is 8.85 Å². The first-order valence-electron chi connectivity index (χ1n) is 14.6. The number of aryl methyl sites for hydroxylation is 2. The molecule has 0 saturated heterocycles. The zero-order valence-corrected chi connectivity index (χ0v) is 29.7. The summed E-state index contributed by atoms with van der Waals surface area (Å²) in [6.45, 7) is 21.8. The van der Waals surface area contributed by atoms with Gasteiger partial charge in [0.15, 0.2) is 8.32 Å². The lowest BCUT2D eigenvalue weighted by atomic mass is 10.2. The minimum atomic E-state index is -2.76. The van der Waals surface area contributed by atoms with Crippen LogP contribution in [-0.2, 0) is 15.4 Å². The van der Waals surface area contributed by atoms with Crippen LogP contribution in [0.25, 0.3) is 11.0 Å². The van der Waals surface area contributed by atoms with E-state index in [0.29, 0.717) is 13.2 Å².